The number of rotatable bonds is 5. The highest BCUT2D eigenvalue weighted by Crippen LogP contribution is 2.38. The summed E-state index contributed by atoms with van der Waals surface area (Å²) in [6.45, 7) is 4.01. The van der Waals surface area contributed by atoms with Gasteiger partial charge in [0.15, 0.2) is 0 Å². The molecule has 2 atom stereocenters. The predicted octanol–water partition coefficient (Wildman–Crippen LogP) is 3.22. The van der Waals surface area contributed by atoms with E-state index in [0.717, 1.165) is 0 Å². The fourth-order valence-electron chi connectivity index (χ4n) is 3.53. The summed E-state index contributed by atoms with van der Waals surface area (Å²) in [7, 11) is 3.05. The van der Waals surface area contributed by atoms with Gasteiger partial charge in [0.2, 0.25) is 11.9 Å². The molecule has 0 saturated heterocycles. The number of carbonyl (C=O) groups excluding carboxylic acids is 1. The van der Waals surface area contributed by atoms with Crippen molar-refractivity contribution in [3.63, 3.8) is 0 Å². The molecule has 0 radical (unpaired) electrons. The third-order valence-electron chi connectivity index (χ3n) is 4.94. The molecular formula is C21H20FN5O3. The van der Waals surface area contributed by atoms with Crippen LogP contribution < -0.4 is 20.1 Å². The third kappa shape index (κ3) is 3.45. The van der Waals surface area contributed by atoms with Gasteiger partial charge in [-0.2, -0.15) is 10.1 Å². The van der Waals surface area contributed by atoms with E-state index in [0.29, 0.717) is 34.4 Å². The molecule has 3 aromatic rings. The number of halogens is 1. The van der Waals surface area contributed by atoms with E-state index in [4.69, 9.17) is 9.47 Å². The average Bonchev–Trinajstić information content (AvgIpc) is 3.20. The zero-order valence-corrected chi connectivity index (χ0v) is 16.4. The number of nitrogens with one attached hydrogen (secondary N) is 2. The van der Waals surface area contributed by atoms with E-state index < -0.39 is 17.8 Å². The van der Waals surface area contributed by atoms with Crippen LogP contribution in [-0.2, 0) is 4.79 Å². The van der Waals surface area contributed by atoms with Crippen molar-refractivity contribution >= 4 is 17.5 Å². The number of anilines is 2. The lowest BCUT2D eigenvalue weighted by Crippen LogP contribution is -2.39. The average molecular weight is 409 g/mol. The number of fused-ring (bicyclic) bond motifs is 1. The van der Waals surface area contributed by atoms with Gasteiger partial charge in [-0.05, 0) is 29.8 Å². The van der Waals surface area contributed by atoms with Crippen LogP contribution in [0.4, 0.5) is 16.0 Å². The molecule has 1 amide bonds. The van der Waals surface area contributed by atoms with Crippen molar-refractivity contribution in [3.8, 4) is 11.5 Å². The Balaban J connectivity index is 1.72. The Bertz CT molecular complexity index is 1110. The fourth-order valence-corrected chi connectivity index (χ4v) is 3.53. The second kappa shape index (κ2) is 7.86. The van der Waals surface area contributed by atoms with E-state index in [9.17, 15) is 9.18 Å². The van der Waals surface area contributed by atoms with E-state index in [-0.39, 0.29) is 5.91 Å². The minimum atomic E-state index is -0.784. The second-order valence-corrected chi connectivity index (χ2v) is 6.71. The summed E-state index contributed by atoms with van der Waals surface area (Å²) in [5.74, 6) is -0.0758. The number of hydrogen-bond donors (Lipinski definition) is 2. The van der Waals surface area contributed by atoms with Crippen molar-refractivity contribution < 1.29 is 18.7 Å². The molecule has 154 valence electrons. The monoisotopic (exact) mass is 409 g/mol. The van der Waals surface area contributed by atoms with Crippen LogP contribution >= 0.6 is 0 Å². The Hall–Kier alpha value is -3.88. The summed E-state index contributed by atoms with van der Waals surface area (Å²) in [6.07, 6.45) is 1.37. The molecule has 8 nitrogen and oxygen atoms in total. The van der Waals surface area contributed by atoms with E-state index in [1.54, 1.807) is 42.1 Å². The molecule has 0 saturated carbocycles. The first kappa shape index (κ1) is 19.4. The number of ether oxygens (including phenoxy) is 2. The Morgan fingerprint density at radius 1 is 1.23 bits per heavy atom. The van der Waals surface area contributed by atoms with E-state index >= 15 is 0 Å². The summed E-state index contributed by atoms with van der Waals surface area (Å²) in [4.78, 5) is 17.5. The van der Waals surface area contributed by atoms with Crippen LogP contribution in [0.3, 0.4) is 0 Å². The number of aromatic nitrogens is 3. The summed E-state index contributed by atoms with van der Waals surface area (Å²) in [6, 6.07) is 10.5. The quantitative estimate of drug-likeness (QED) is 0.673. The molecule has 1 aliphatic rings. The SMILES string of the molecule is C=C1Nc2ncnn2[C@@H](c2cccc(F)c2)[C@@H]1C(=O)Nc1ccc(OC)cc1OC. The second-order valence-electron chi connectivity index (χ2n) is 6.71. The molecule has 4 rings (SSSR count). The minimum Gasteiger partial charge on any atom is -0.497 e. The highest BCUT2D eigenvalue weighted by Gasteiger charge is 2.39. The summed E-state index contributed by atoms with van der Waals surface area (Å²) in [5.41, 5.74) is 1.47. The Kier molecular flexibility index (Phi) is 5.09. The summed E-state index contributed by atoms with van der Waals surface area (Å²) in [5, 5.41) is 10.1. The van der Waals surface area contributed by atoms with Crippen LogP contribution in [0.15, 0.2) is 61.1 Å². The van der Waals surface area contributed by atoms with Crippen molar-refractivity contribution in [1.29, 1.82) is 0 Å². The van der Waals surface area contributed by atoms with Crippen LogP contribution in [0.5, 0.6) is 11.5 Å². The third-order valence-corrected chi connectivity index (χ3v) is 4.94. The molecule has 0 bridgehead atoms. The largest absolute Gasteiger partial charge is 0.497 e. The molecular weight excluding hydrogens is 389 g/mol. The zero-order chi connectivity index (χ0) is 21.3. The normalized spacial score (nSPS) is 17.6. The molecule has 2 aromatic carbocycles. The van der Waals surface area contributed by atoms with E-state index in [1.807, 2.05) is 0 Å². The van der Waals surface area contributed by atoms with Crippen molar-refractivity contribution in [2.24, 2.45) is 5.92 Å². The van der Waals surface area contributed by atoms with Crippen LogP contribution in [0, 0.1) is 11.7 Å². The maximum atomic E-state index is 14.0. The van der Waals surface area contributed by atoms with E-state index in [1.165, 1.54) is 25.6 Å². The first-order valence-electron chi connectivity index (χ1n) is 9.15. The van der Waals surface area contributed by atoms with E-state index in [2.05, 4.69) is 27.3 Å². The topological polar surface area (TPSA) is 90.3 Å². The summed E-state index contributed by atoms with van der Waals surface area (Å²) >= 11 is 0. The molecule has 0 aliphatic carbocycles. The molecule has 30 heavy (non-hydrogen) atoms. The zero-order valence-electron chi connectivity index (χ0n) is 16.4. The highest BCUT2D eigenvalue weighted by molar-refractivity contribution is 5.97. The molecule has 0 spiro atoms. The van der Waals surface area contributed by atoms with Gasteiger partial charge in [-0.1, -0.05) is 18.7 Å². The fraction of sp³-hybridized carbons (Fsp3) is 0.190. The van der Waals surface area contributed by atoms with Crippen molar-refractivity contribution in [3.05, 3.63) is 72.4 Å². The molecule has 0 fully saturated rings. The lowest BCUT2D eigenvalue weighted by atomic mass is 9.88. The number of nitrogens with zero attached hydrogens (tertiary/aromatic N) is 3. The molecule has 1 aliphatic heterocycles. The standard InChI is InChI=1S/C21H20FN5O3/c1-12-18(20(28)26-16-8-7-15(29-2)10-17(16)30-3)19(13-5-4-6-14(22)9-13)27-21(25-12)23-11-24-27/h4-11,18-19H,1H2,2-3H3,(H,26,28)(H,23,24,25)/t18-,19+/m1/s1. The van der Waals surface area contributed by atoms with Gasteiger partial charge < -0.3 is 20.1 Å². The first-order valence-corrected chi connectivity index (χ1v) is 9.15. The minimum absolute atomic E-state index is 0.355. The molecule has 1 aromatic heterocycles. The van der Waals surface area contributed by atoms with Crippen LogP contribution in [-0.4, -0.2) is 34.9 Å². The first-order chi connectivity index (χ1) is 14.5. The van der Waals surface area contributed by atoms with Gasteiger partial charge in [0.05, 0.1) is 25.9 Å². The van der Waals surface area contributed by atoms with Gasteiger partial charge in [-0.25, -0.2) is 9.07 Å². The van der Waals surface area contributed by atoms with Gasteiger partial charge in [-0.15, -0.1) is 0 Å². The van der Waals surface area contributed by atoms with Crippen molar-refractivity contribution in [2.45, 2.75) is 6.04 Å². The summed E-state index contributed by atoms with van der Waals surface area (Å²) < 4.78 is 26.1. The Morgan fingerprint density at radius 2 is 2.07 bits per heavy atom. The number of methoxy groups -OCH3 is 2. The van der Waals surface area contributed by atoms with Gasteiger partial charge in [0.1, 0.15) is 29.6 Å². The lowest BCUT2D eigenvalue weighted by molar-refractivity contribution is -0.119. The number of carbonyl (C=O) groups is 1. The molecule has 9 heteroatoms. The number of benzene rings is 2. The molecule has 2 N–H and O–H groups in total. The van der Waals surface area contributed by atoms with Gasteiger partial charge in [0.25, 0.3) is 0 Å². The number of amides is 1. The van der Waals surface area contributed by atoms with Gasteiger partial charge in [-0.3, -0.25) is 4.79 Å². The molecule has 2 heterocycles. The number of hydrogen-bond acceptors (Lipinski definition) is 6. The van der Waals surface area contributed by atoms with Gasteiger partial charge >= 0.3 is 0 Å². The van der Waals surface area contributed by atoms with Gasteiger partial charge in [0, 0.05) is 11.8 Å². The Labute approximate surface area is 172 Å². The maximum Gasteiger partial charge on any atom is 0.236 e. The van der Waals surface area contributed by atoms with Crippen LogP contribution in [0.2, 0.25) is 0 Å². The maximum absolute atomic E-state index is 14.0. The smallest absolute Gasteiger partial charge is 0.236 e. The Morgan fingerprint density at radius 3 is 2.80 bits per heavy atom. The van der Waals surface area contributed by atoms with Crippen LogP contribution in [0.1, 0.15) is 11.6 Å². The predicted molar refractivity (Wildman–Crippen MR) is 109 cm³/mol. The van der Waals surface area contributed by atoms with Crippen molar-refractivity contribution in [1.82, 2.24) is 14.8 Å². The van der Waals surface area contributed by atoms with Crippen LogP contribution in [0.25, 0.3) is 0 Å². The highest BCUT2D eigenvalue weighted by atomic mass is 19.1. The van der Waals surface area contributed by atoms with Crippen molar-refractivity contribution in [2.75, 3.05) is 24.9 Å². The lowest BCUT2D eigenvalue weighted by Gasteiger charge is -2.33. The molecule has 0 unspecified atom stereocenters.